The van der Waals surface area contributed by atoms with Crippen molar-refractivity contribution in [2.24, 2.45) is 0 Å². The third-order valence-electron chi connectivity index (χ3n) is 5.51. The second-order valence-corrected chi connectivity index (χ2v) is 7.48. The van der Waals surface area contributed by atoms with E-state index >= 15 is 0 Å². The molecule has 0 bridgehead atoms. The highest BCUT2D eigenvalue weighted by molar-refractivity contribution is 6.00. The molecule has 29 heavy (non-hydrogen) atoms. The molecule has 0 aliphatic carbocycles. The number of carbonyl (C=O) groups is 1. The first-order valence-corrected chi connectivity index (χ1v) is 9.65. The van der Waals surface area contributed by atoms with E-state index in [0.29, 0.717) is 47.7 Å². The van der Waals surface area contributed by atoms with Crippen LogP contribution in [0.15, 0.2) is 41.8 Å². The van der Waals surface area contributed by atoms with Crippen molar-refractivity contribution in [3.05, 3.63) is 58.5 Å². The van der Waals surface area contributed by atoms with E-state index in [0.717, 1.165) is 18.7 Å². The topological polar surface area (TPSA) is 87.8 Å². The smallest absolute Gasteiger partial charge is 0.278 e. The van der Waals surface area contributed by atoms with Gasteiger partial charge in [-0.05, 0) is 26.1 Å². The molecule has 0 aromatic carbocycles. The summed E-state index contributed by atoms with van der Waals surface area (Å²) in [5, 5.41) is 0.363. The molecule has 0 unspecified atom stereocenters. The summed E-state index contributed by atoms with van der Waals surface area (Å²) in [6.07, 6.45) is 3.37. The highest BCUT2D eigenvalue weighted by Gasteiger charge is 2.28. The first-order chi connectivity index (χ1) is 13.9. The van der Waals surface area contributed by atoms with Crippen molar-refractivity contribution in [3.8, 4) is 0 Å². The van der Waals surface area contributed by atoms with Gasteiger partial charge in [-0.2, -0.15) is 0 Å². The van der Waals surface area contributed by atoms with Crippen LogP contribution < -0.4 is 15.9 Å². The molecule has 0 radical (unpaired) electrons. The maximum absolute atomic E-state index is 13.2. The van der Waals surface area contributed by atoms with Crippen LogP contribution in [0.25, 0.3) is 16.7 Å². The number of aromatic nitrogens is 3. The van der Waals surface area contributed by atoms with Gasteiger partial charge < -0.3 is 15.5 Å². The third kappa shape index (κ3) is 3.15. The molecule has 3 aromatic heterocycles. The minimum absolute atomic E-state index is 0.163. The lowest BCUT2D eigenvalue weighted by atomic mass is 10.1. The largest absolute Gasteiger partial charge is 0.336 e. The van der Waals surface area contributed by atoms with Crippen molar-refractivity contribution >= 4 is 28.4 Å². The zero-order valence-corrected chi connectivity index (χ0v) is 16.8. The van der Waals surface area contributed by atoms with Gasteiger partial charge in [0.1, 0.15) is 10.9 Å². The minimum Gasteiger partial charge on any atom is -0.336 e. The molecule has 4 heterocycles. The van der Waals surface area contributed by atoms with Crippen LogP contribution in [0.4, 0.5) is 5.82 Å². The number of pyridine rings is 2. The van der Waals surface area contributed by atoms with Crippen LogP contribution in [-0.4, -0.2) is 58.3 Å². The Morgan fingerprint density at radius 3 is 2.76 bits per heavy atom. The number of aryl methyl sites for hydroxylation is 1. The molecule has 2 N–H and O–H groups in total. The summed E-state index contributed by atoms with van der Waals surface area (Å²) in [6.45, 7) is 8.91. The Morgan fingerprint density at radius 1 is 1.34 bits per heavy atom. The van der Waals surface area contributed by atoms with E-state index in [-0.39, 0.29) is 11.5 Å². The number of nitrogen functional groups attached to an aromatic ring is 1. The number of hydrogen-bond donors (Lipinski definition) is 1. The highest BCUT2D eigenvalue weighted by atomic mass is 16.2. The number of rotatable bonds is 3. The number of allylic oxidation sites excluding steroid dienone is 1. The summed E-state index contributed by atoms with van der Waals surface area (Å²) in [6, 6.07) is 5.30. The lowest BCUT2D eigenvalue weighted by Crippen LogP contribution is -2.48. The predicted molar refractivity (Wildman–Crippen MR) is 112 cm³/mol. The van der Waals surface area contributed by atoms with E-state index in [1.54, 1.807) is 27.8 Å². The Labute approximate surface area is 168 Å². The summed E-state index contributed by atoms with van der Waals surface area (Å²) in [4.78, 5) is 35.1. The SMILES string of the molecule is C=CC[n+]1c(N)c(C(=O)N2CCN(C)CC2)cc2c(=O)n3cccc(C)c3nc21. The van der Waals surface area contributed by atoms with Crippen LogP contribution in [0.3, 0.4) is 0 Å². The summed E-state index contributed by atoms with van der Waals surface area (Å²) in [5.41, 5.74) is 8.42. The van der Waals surface area contributed by atoms with Gasteiger partial charge in [-0.15, -0.1) is 0 Å². The summed E-state index contributed by atoms with van der Waals surface area (Å²) >= 11 is 0. The number of piperazine rings is 1. The van der Waals surface area contributed by atoms with Crippen LogP contribution in [0.1, 0.15) is 15.9 Å². The number of nitrogens with two attached hydrogens (primary N) is 1. The summed E-state index contributed by atoms with van der Waals surface area (Å²) in [5.74, 6) is 0.134. The molecule has 8 nitrogen and oxygen atoms in total. The first-order valence-electron chi connectivity index (χ1n) is 9.65. The number of amides is 1. The molecule has 1 amide bonds. The van der Waals surface area contributed by atoms with Crippen LogP contribution >= 0.6 is 0 Å². The molecule has 4 rings (SSSR count). The van der Waals surface area contributed by atoms with Gasteiger partial charge in [0, 0.05) is 37.9 Å². The predicted octanol–water partition coefficient (Wildman–Crippen LogP) is 0.599. The second kappa shape index (κ2) is 7.29. The van der Waals surface area contributed by atoms with Crippen molar-refractivity contribution in [1.82, 2.24) is 19.2 Å². The van der Waals surface area contributed by atoms with Gasteiger partial charge in [0.2, 0.25) is 11.5 Å². The summed E-state index contributed by atoms with van der Waals surface area (Å²) < 4.78 is 3.20. The average Bonchev–Trinajstić information content (AvgIpc) is 2.71. The van der Waals surface area contributed by atoms with Crippen LogP contribution in [-0.2, 0) is 6.54 Å². The number of anilines is 1. The number of hydrogen-bond acceptors (Lipinski definition) is 5. The Morgan fingerprint density at radius 2 is 2.07 bits per heavy atom. The second-order valence-electron chi connectivity index (χ2n) is 7.48. The van der Waals surface area contributed by atoms with Crippen molar-refractivity contribution in [1.29, 1.82) is 0 Å². The van der Waals surface area contributed by atoms with Gasteiger partial charge in [-0.3, -0.25) is 14.0 Å². The van der Waals surface area contributed by atoms with Crippen molar-refractivity contribution < 1.29 is 9.36 Å². The molecular weight excluding hydrogens is 368 g/mol. The molecule has 0 atom stereocenters. The Kier molecular flexibility index (Phi) is 4.79. The highest BCUT2D eigenvalue weighted by Crippen LogP contribution is 2.18. The zero-order chi connectivity index (χ0) is 20.7. The molecule has 1 saturated heterocycles. The molecule has 0 spiro atoms. The van der Waals surface area contributed by atoms with E-state index in [1.165, 1.54) is 4.40 Å². The zero-order valence-electron chi connectivity index (χ0n) is 16.8. The Bertz CT molecular complexity index is 1190. The van der Waals surface area contributed by atoms with E-state index in [2.05, 4.69) is 11.5 Å². The monoisotopic (exact) mass is 393 g/mol. The standard InChI is InChI=1S/C21H24N6O2/c1-4-7-26-17(22)15(20(28)25-11-9-24(3)10-12-25)13-16-19(26)23-18-14(2)6-5-8-27(18)21(16)29/h4-6,8,13,22H,1,7,9-12H2,2-3H3/p+1. The lowest BCUT2D eigenvalue weighted by molar-refractivity contribution is -0.648. The Balaban J connectivity index is 1.97. The van der Waals surface area contributed by atoms with Crippen molar-refractivity contribution in [3.63, 3.8) is 0 Å². The average molecular weight is 393 g/mol. The molecular formula is C21H25N6O2+. The molecule has 0 saturated carbocycles. The maximum Gasteiger partial charge on any atom is 0.278 e. The third-order valence-corrected chi connectivity index (χ3v) is 5.51. The maximum atomic E-state index is 13.2. The molecule has 1 aliphatic rings. The normalized spacial score (nSPS) is 15.2. The van der Waals surface area contributed by atoms with Crippen LogP contribution in [0.2, 0.25) is 0 Å². The first kappa shape index (κ1) is 19.1. The van der Waals surface area contributed by atoms with E-state index in [1.807, 2.05) is 26.1 Å². The van der Waals surface area contributed by atoms with Crippen LogP contribution in [0, 0.1) is 6.92 Å². The number of fused-ring (bicyclic) bond motifs is 2. The molecule has 1 fully saturated rings. The fourth-order valence-corrected chi connectivity index (χ4v) is 3.78. The molecule has 1 aliphatic heterocycles. The van der Waals surface area contributed by atoms with Gasteiger partial charge >= 0.3 is 0 Å². The van der Waals surface area contributed by atoms with Gasteiger partial charge in [0.05, 0.1) is 6.54 Å². The van der Waals surface area contributed by atoms with Gasteiger partial charge in [-0.25, -0.2) is 4.57 Å². The Hall–Kier alpha value is -3.26. The van der Waals surface area contributed by atoms with Gasteiger partial charge in [0.25, 0.3) is 17.1 Å². The fraction of sp³-hybridized carbons (Fsp3) is 0.333. The fourth-order valence-electron chi connectivity index (χ4n) is 3.78. The minimum atomic E-state index is -0.223. The number of carbonyl (C=O) groups excluding carboxylic acids is 1. The van der Waals surface area contributed by atoms with Crippen LogP contribution in [0.5, 0.6) is 0 Å². The number of likely N-dealkylation sites (N-methyl/N-ethyl adjacent to an activating group) is 1. The van der Waals surface area contributed by atoms with Crippen molar-refractivity contribution in [2.75, 3.05) is 39.0 Å². The van der Waals surface area contributed by atoms with Crippen molar-refractivity contribution in [2.45, 2.75) is 13.5 Å². The molecule has 8 heteroatoms. The lowest BCUT2D eigenvalue weighted by Gasteiger charge is -2.32. The molecule has 150 valence electrons. The quantitative estimate of drug-likeness (QED) is 0.400. The van der Waals surface area contributed by atoms with E-state index in [9.17, 15) is 9.59 Å². The summed E-state index contributed by atoms with van der Waals surface area (Å²) in [7, 11) is 2.03. The van der Waals surface area contributed by atoms with Gasteiger partial charge in [0.15, 0.2) is 0 Å². The van der Waals surface area contributed by atoms with Gasteiger partial charge in [-0.1, -0.05) is 23.7 Å². The van der Waals surface area contributed by atoms with E-state index in [4.69, 9.17) is 10.7 Å². The van der Waals surface area contributed by atoms with E-state index < -0.39 is 0 Å². The number of nitrogens with zero attached hydrogens (tertiary/aromatic N) is 5. The molecule has 3 aromatic rings.